The topological polar surface area (TPSA) is 29.5 Å². The molecule has 1 aromatic rings. The third-order valence-electron chi connectivity index (χ3n) is 1.59. The van der Waals surface area contributed by atoms with Crippen LogP contribution in [-0.2, 0) is 4.74 Å². The van der Waals surface area contributed by atoms with Gasteiger partial charge in [0, 0.05) is 5.02 Å². The van der Waals surface area contributed by atoms with Crippen LogP contribution in [0.5, 0.6) is 0 Å². The number of halogens is 2. The average molecular weight is 307 g/mol. The van der Waals surface area contributed by atoms with Gasteiger partial charge < -0.3 is 4.74 Å². The van der Waals surface area contributed by atoms with Gasteiger partial charge in [-0.1, -0.05) is 17.7 Å². The van der Waals surface area contributed by atoms with Crippen molar-refractivity contribution in [2.24, 2.45) is 0 Å². The first-order valence-corrected chi connectivity index (χ1v) is 5.83. The molecule has 0 bridgehead atoms. The van der Waals surface area contributed by atoms with Crippen LogP contribution in [0.4, 0.5) is 10.5 Å². The highest BCUT2D eigenvalue weighted by molar-refractivity contribution is 9.10. The molecule has 0 unspecified atom stereocenters. The van der Waals surface area contributed by atoms with Gasteiger partial charge in [-0.25, -0.2) is 8.72 Å². The lowest BCUT2D eigenvalue weighted by atomic mass is 10.2. The zero-order valence-corrected chi connectivity index (χ0v) is 11.7. The van der Waals surface area contributed by atoms with Crippen molar-refractivity contribution in [3.63, 3.8) is 0 Å². The maximum Gasteiger partial charge on any atom is 0.425 e. The Labute approximate surface area is 109 Å². The Morgan fingerprint density at radius 3 is 2.56 bits per heavy atom. The van der Waals surface area contributed by atoms with Crippen LogP contribution in [0.25, 0.3) is 0 Å². The van der Waals surface area contributed by atoms with Crippen LogP contribution in [0.15, 0.2) is 24.3 Å². The summed E-state index contributed by atoms with van der Waals surface area (Å²) >= 11 is 8.97. The molecule has 1 aromatic carbocycles. The van der Waals surface area contributed by atoms with Crippen LogP contribution in [0.1, 0.15) is 20.8 Å². The van der Waals surface area contributed by atoms with E-state index in [1.165, 1.54) is 3.93 Å². The number of ether oxygens (including phenoxy) is 1. The van der Waals surface area contributed by atoms with Gasteiger partial charge >= 0.3 is 6.09 Å². The second kappa shape index (κ2) is 5.06. The average Bonchev–Trinajstić information content (AvgIpc) is 2.14. The Kier molecular flexibility index (Phi) is 4.21. The van der Waals surface area contributed by atoms with Crippen molar-refractivity contribution in [1.29, 1.82) is 0 Å². The summed E-state index contributed by atoms with van der Waals surface area (Å²) in [4.78, 5) is 11.7. The van der Waals surface area contributed by atoms with E-state index in [2.05, 4.69) is 16.1 Å². The predicted octanol–water partition coefficient (Wildman–Crippen LogP) is 4.39. The summed E-state index contributed by atoms with van der Waals surface area (Å²) in [7, 11) is 0. The highest BCUT2D eigenvalue weighted by atomic mass is 79.9. The van der Waals surface area contributed by atoms with Gasteiger partial charge in [-0.2, -0.15) is 0 Å². The van der Waals surface area contributed by atoms with Crippen molar-refractivity contribution in [3.05, 3.63) is 29.3 Å². The number of carbonyl (C=O) groups excluding carboxylic acids is 1. The molecule has 88 valence electrons. The molecule has 0 aromatic heterocycles. The fourth-order valence-corrected chi connectivity index (χ4v) is 1.48. The molecule has 0 fully saturated rings. The van der Waals surface area contributed by atoms with E-state index in [1.54, 1.807) is 24.3 Å². The van der Waals surface area contributed by atoms with Gasteiger partial charge in [-0.3, -0.25) is 0 Å². The molecule has 0 radical (unpaired) electrons. The molecular weight excluding hydrogens is 293 g/mol. The van der Waals surface area contributed by atoms with E-state index < -0.39 is 11.7 Å². The number of nitrogens with zero attached hydrogens (tertiary/aromatic N) is 1. The van der Waals surface area contributed by atoms with Gasteiger partial charge in [0.25, 0.3) is 0 Å². The van der Waals surface area contributed by atoms with Crippen LogP contribution in [0, 0.1) is 0 Å². The first kappa shape index (κ1) is 13.3. The van der Waals surface area contributed by atoms with E-state index >= 15 is 0 Å². The maximum absolute atomic E-state index is 11.7. The fourth-order valence-electron chi connectivity index (χ4n) is 1.01. The van der Waals surface area contributed by atoms with E-state index in [1.807, 2.05) is 20.8 Å². The molecular formula is C11H13BrClNO2. The van der Waals surface area contributed by atoms with Crippen LogP contribution >= 0.6 is 27.7 Å². The summed E-state index contributed by atoms with van der Waals surface area (Å²) in [6, 6.07) is 6.92. The minimum Gasteiger partial charge on any atom is -0.443 e. The molecule has 16 heavy (non-hydrogen) atoms. The second-order valence-electron chi connectivity index (χ2n) is 4.24. The predicted molar refractivity (Wildman–Crippen MR) is 69.1 cm³/mol. The van der Waals surface area contributed by atoms with Crippen LogP contribution in [0.3, 0.4) is 0 Å². The monoisotopic (exact) mass is 305 g/mol. The minimum absolute atomic E-state index is 0.477. The summed E-state index contributed by atoms with van der Waals surface area (Å²) in [5.41, 5.74) is 0.101. The highest BCUT2D eigenvalue weighted by Gasteiger charge is 2.21. The number of anilines is 1. The Balaban J connectivity index is 2.78. The number of carbonyl (C=O) groups is 1. The van der Waals surface area contributed by atoms with Crippen LogP contribution in [0.2, 0.25) is 5.02 Å². The lowest BCUT2D eigenvalue weighted by molar-refractivity contribution is 0.0614. The Morgan fingerprint density at radius 2 is 2.06 bits per heavy atom. The van der Waals surface area contributed by atoms with Gasteiger partial charge in [-0.15, -0.1) is 0 Å². The fraction of sp³-hybridized carbons (Fsp3) is 0.364. The summed E-state index contributed by atoms with van der Waals surface area (Å²) in [5.74, 6) is 0. The zero-order valence-electron chi connectivity index (χ0n) is 9.33. The summed E-state index contributed by atoms with van der Waals surface area (Å²) < 4.78 is 6.43. The maximum atomic E-state index is 11.7. The van der Waals surface area contributed by atoms with Crippen molar-refractivity contribution in [1.82, 2.24) is 0 Å². The Morgan fingerprint density at radius 1 is 1.44 bits per heavy atom. The largest absolute Gasteiger partial charge is 0.443 e. The normalized spacial score (nSPS) is 11.1. The van der Waals surface area contributed by atoms with Gasteiger partial charge in [-0.05, 0) is 39.0 Å². The minimum atomic E-state index is -0.526. The number of amides is 1. The second-order valence-corrected chi connectivity index (χ2v) is 5.39. The van der Waals surface area contributed by atoms with Crippen LogP contribution in [-0.4, -0.2) is 11.7 Å². The molecule has 1 amide bonds. The van der Waals surface area contributed by atoms with Gasteiger partial charge in [0.15, 0.2) is 0 Å². The Hall–Kier alpha value is -0.740. The van der Waals surface area contributed by atoms with Crippen molar-refractivity contribution >= 4 is 39.5 Å². The molecule has 0 saturated heterocycles. The van der Waals surface area contributed by atoms with Gasteiger partial charge in [0.1, 0.15) is 5.60 Å². The molecule has 0 aliphatic heterocycles. The smallest absolute Gasteiger partial charge is 0.425 e. The Bertz CT molecular complexity index is 390. The summed E-state index contributed by atoms with van der Waals surface area (Å²) in [5, 5.41) is 0.561. The highest BCUT2D eigenvalue weighted by Crippen LogP contribution is 2.24. The molecule has 0 heterocycles. The standard InChI is InChI=1S/C11H13BrClNO2/c1-11(2,3)16-10(15)14(12)9-6-4-5-8(13)7-9/h4-7H,1-3H3. The van der Waals surface area contributed by atoms with Crippen molar-refractivity contribution in [2.75, 3.05) is 3.93 Å². The molecule has 1 rings (SSSR count). The lowest BCUT2D eigenvalue weighted by Crippen LogP contribution is -2.30. The van der Waals surface area contributed by atoms with Crippen molar-refractivity contribution < 1.29 is 9.53 Å². The van der Waals surface area contributed by atoms with E-state index in [0.717, 1.165) is 0 Å². The molecule has 3 nitrogen and oxygen atoms in total. The third-order valence-corrected chi connectivity index (χ3v) is 2.52. The quantitative estimate of drug-likeness (QED) is 0.720. The van der Waals surface area contributed by atoms with Crippen molar-refractivity contribution in [2.45, 2.75) is 26.4 Å². The summed E-state index contributed by atoms with van der Waals surface area (Å²) in [6.45, 7) is 5.43. The van der Waals surface area contributed by atoms with Gasteiger partial charge in [0.05, 0.1) is 21.8 Å². The SMILES string of the molecule is CC(C)(C)OC(=O)N(Br)c1cccc(Cl)c1. The van der Waals surface area contributed by atoms with E-state index in [-0.39, 0.29) is 0 Å². The molecule has 0 spiro atoms. The van der Waals surface area contributed by atoms with E-state index in [9.17, 15) is 4.79 Å². The first-order valence-electron chi connectivity index (χ1n) is 4.74. The molecule has 0 atom stereocenters. The lowest BCUT2D eigenvalue weighted by Gasteiger charge is -2.23. The molecule has 0 aliphatic rings. The molecule has 5 heteroatoms. The molecule has 0 aliphatic carbocycles. The van der Waals surface area contributed by atoms with Gasteiger partial charge in [0.2, 0.25) is 0 Å². The number of hydrogen-bond acceptors (Lipinski definition) is 2. The van der Waals surface area contributed by atoms with Crippen molar-refractivity contribution in [3.8, 4) is 0 Å². The molecule has 0 saturated carbocycles. The third kappa shape index (κ3) is 4.02. The summed E-state index contributed by atoms with van der Waals surface area (Å²) in [6.07, 6.45) is -0.477. The van der Waals surface area contributed by atoms with Crippen LogP contribution < -0.4 is 3.93 Å². The van der Waals surface area contributed by atoms with E-state index in [0.29, 0.717) is 10.7 Å². The number of hydrogen-bond donors (Lipinski definition) is 0. The number of benzene rings is 1. The number of rotatable bonds is 1. The van der Waals surface area contributed by atoms with E-state index in [4.69, 9.17) is 16.3 Å². The zero-order chi connectivity index (χ0) is 12.3. The molecule has 0 N–H and O–H groups in total. The first-order chi connectivity index (χ1) is 7.29.